The topological polar surface area (TPSA) is 52.9 Å². The molecule has 4 atom stereocenters. The number of rotatable bonds is 4. The summed E-state index contributed by atoms with van der Waals surface area (Å²) in [6.07, 6.45) is 6.53. The summed E-state index contributed by atoms with van der Waals surface area (Å²) in [6, 6.07) is 1.89. The molecular formula is C13H20N2O. The van der Waals surface area contributed by atoms with Gasteiger partial charge in [-0.15, -0.1) is 0 Å². The molecule has 0 radical (unpaired) electrons. The van der Waals surface area contributed by atoms with Crippen LogP contribution in [0.3, 0.4) is 0 Å². The third-order valence-electron chi connectivity index (χ3n) is 4.12. The lowest BCUT2D eigenvalue weighted by atomic mass is 9.88. The van der Waals surface area contributed by atoms with E-state index in [0.717, 1.165) is 25.2 Å². The van der Waals surface area contributed by atoms with Crippen LogP contribution in [-0.4, -0.2) is 11.9 Å². The van der Waals surface area contributed by atoms with Crippen LogP contribution in [-0.2, 0) is 4.79 Å². The summed E-state index contributed by atoms with van der Waals surface area (Å²) in [6.45, 7) is 2.04. The Balaban J connectivity index is 1.86. The van der Waals surface area contributed by atoms with Crippen LogP contribution in [0.2, 0.25) is 0 Å². The number of amides is 1. The highest BCUT2D eigenvalue weighted by molar-refractivity contribution is 5.80. The summed E-state index contributed by atoms with van der Waals surface area (Å²) in [5.41, 5.74) is 0. The van der Waals surface area contributed by atoms with Crippen molar-refractivity contribution < 1.29 is 4.79 Å². The number of nitrogens with zero attached hydrogens (tertiary/aromatic N) is 1. The first-order chi connectivity index (χ1) is 7.74. The minimum atomic E-state index is -0.281. The molecule has 0 aromatic heterocycles. The van der Waals surface area contributed by atoms with Crippen molar-refractivity contribution in [1.82, 2.24) is 5.32 Å². The molecule has 0 saturated heterocycles. The Labute approximate surface area is 97.2 Å². The van der Waals surface area contributed by atoms with Gasteiger partial charge in [0.25, 0.3) is 0 Å². The molecule has 16 heavy (non-hydrogen) atoms. The van der Waals surface area contributed by atoms with E-state index in [0.29, 0.717) is 5.92 Å². The first-order valence-corrected chi connectivity index (χ1v) is 6.44. The van der Waals surface area contributed by atoms with Gasteiger partial charge in [-0.2, -0.15) is 5.26 Å². The molecule has 1 N–H and O–H groups in total. The number of hydrogen-bond donors (Lipinski definition) is 1. The molecule has 2 rings (SSSR count). The van der Waals surface area contributed by atoms with Crippen molar-refractivity contribution in [2.75, 3.05) is 0 Å². The van der Waals surface area contributed by atoms with E-state index in [1.807, 2.05) is 6.92 Å². The molecule has 0 heterocycles. The van der Waals surface area contributed by atoms with E-state index in [1.54, 1.807) is 0 Å². The van der Waals surface area contributed by atoms with Crippen LogP contribution >= 0.6 is 0 Å². The van der Waals surface area contributed by atoms with Gasteiger partial charge in [0.2, 0.25) is 5.91 Å². The van der Waals surface area contributed by atoms with E-state index in [4.69, 9.17) is 5.26 Å². The van der Waals surface area contributed by atoms with E-state index in [1.165, 1.54) is 19.3 Å². The van der Waals surface area contributed by atoms with Gasteiger partial charge in [-0.25, -0.2) is 0 Å². The summed E-state index contributed by atoms with van der Waals surface area (Å²) in [4.78, 5) is 12.0. The van der Waals surface area contributed by atoms with E-state index >= 15 is 0 Å². The quantitative estimate of drug-likeness (QED) is 0.790. The van der Waals surface area contributed by atoms with Gasteiger partial charge >= 0.3 is 0 Å². The van der Waals surface area contributed by atoms with Crippen LogP contribution < -0.4 is 5.32 Å². The summed E-state index contributed by atoms with van der Waals surface area (Å²) < 4.78 is 0. The van der Waals surface area contributed by atoms with Gasteiger partial charge in [0, 0.05) is 5.92 Å². The number of carbonyl (C=O) groups excluding carboxylic acids is 1. The lowest BCUT2D eigenvalue weighted by Crippen LogP contribution is -2.39. The second-order valence-corrected chi connectivity index (χ2v) is 5.26. The van der Waals surface area contributed by atoms with Crippen LogP contribution in [0.25, 0.3) is 0 Å². The Morgan fingerprint density at radius 1 is 1.50 bits per heavy atom. The van der Waals surface area contributed by atoms with E-state index < -0.39 is 0 Å². The van der Waals surface area contributed by atoms with Crippen LogP contribution in [0.15, 0.2) is 0 Å². The van der Waals surface area contributed by atoms with Crippen molar-refractivity contribution in [2.24, 2.45) is 17.8 Å². The van der Waals surface area contributed by atoms with Crippen molar-refractivity contribution in [3.8, 4) is 6.07 Å². The highest BCUT2D eigenvalue weighted by atomic mass is 16.2. The van der Waals surface area contributed by atoms with E-state index in [2.05, 4.69) is 11.4 Å². The van der Waals surface area contributed by atoms with Crippen molar-refractivity contribution in [3.05, 3.63) is 0 Å². The Bertz CT molecular complexity index is 308. The highest BCUT2D eigenvalue weighted by Crippen LogP contribution is 2.48. The monoisotopic (exact) mass is 220 g/mol. The molecular weight excluding hydrogens is 200 g/mol. The number of nitriles is 1. The number of fused-ring (bicyclic) bond motifs is 2. The fraction of sp³-hybridized carbons (Fsp3) is 0.846. The summed E-state index contributed by atoms with van der Waals surface area (Å²) in [5.74, 6) is 1.72. The zero-order valence-electron chi connectivity index (χ0n) is 9.91. The fourth-order valence-corrected chi connectivity index (χ4v) is 3.30. The normalized spacial score (nSPS) is 33.4. The average molecular weight is 220 g/mol. The lowest BCUT2D eigenvalue weighted by molar-refractivity contribution is -0.126. The smallest absolute Gasteiger partial charge is 0.224 e. The van der Waals surface area contributed by atoms with Gasteiger partial charge in [0.05, 0.1) is 6.07 Å². The molecule has 0 spiro atoms. The van der Waals surface area contributed by atoms with Crippen LogP contribution in [0.4, 0.5) is 0 Å². The average Bonchev–Trinajstić information content (AvgIpc) is 2.89. The molecule has 88 valence electrons. The molecule has 0 aromatic carbocycles. The SMILES string of the molecule is CCCC(C#N)NC(=O)C1CC2CCC1C2. The Morgan fingerprint density at radius 2 is 2.31 bits per heavy atom. The summed E-state index contributed by atoms with van der Waals surface area (Å²) in [7, 11) is 0. The van der Waals surface area contributed by atoms with Gasteiger partial charge in [0.1, 0.15) is 6.04 Å². The molecule has 2 aliphatic rings. The van der Waals surface area contributed by atoms with Gasteiger partial charge in [0.15, 0.2) is 0 Å². The lowest BCUT2D eigenvalue weighted by Gasteiger charge is -2.22. The molecule has 0 aliphatic heterocycles. The maximum Gasteiger partial charge on any atom is 0.224 e. The van der Waals surface area contributed by atoms with Crippen molar-refractivity contribution >= 4 is 5.91 Å². The van der Waals surface area contributed by atoms with Gasteiger partial charge in [-0.3, -0.25) is 4.79 Å². The first kappa shape index (κ1) is 11.4. The summed E-state index contributed by atoms with van der Waals surface area (Å²) >= 11 is 0. The van der Waals surface area contributed by atoms with Gasteiger partial charge < -0.3 is 5.32 Å². The minimum Gasteiger partial charge on any atom is -0.340 e. The maximum atomic E-state index is 12.0. The number of hydrogen-bond acceptors (Lipinski definition) is 2. The predicted octanol–water partition coefficient (Wildman–Crippen LogP) is 2.23. The standard InChI is InChI=1S/C13H20N2O/c1-2-3-11(8-14)15-13(16)12-7-9-4-5-10(12)6-9/h9-12H,2-7H2,1H3,(H,15,16). The van der Waals surface area contributed by atoms with Crippen LogP contribution in [0, 0.1) is 29.1 Å². The Morgan fingerprint density at radius 3 is 2.81 bits per heavy atom. The molecule has 2 saturated carbocycles. The molecule has 2 bridgehead atoms. The van der Waals surface area contributed by atoms with E-state index in [9.17, 15) is 4.79 Å². The van der Waals surface area contributed by atoms with Gasteiger partial charge in [-0.1, -0.05) is 19.8 Å². The fourth-order valence-electron chi connectivity index (χ4n) is 3.30. The first-order valence-electron chi connectivity index (χ1n) is 6.44. The number of nitrogens with one attached hydrogen (secondary N) is 1. The maximum absolute atomic E-state index is 12.0. The second kappa shape index (κ2) is 4.86. The molecule has 2 fully saturated rings. The molecule has 3 nitrogen and oxygen atoms in total. The van der Waals surface area contributed by atoms with Crippen molar-refractivity contribution in [2.45, 2.75) is 51.5 Å². The van der Waals surface area contributed by atoms with Crippen molar-refractivity contribution in [1.29, 1.82) is 5.26 Å². The Hall–Kier alpha value is -1.04. The molecule has 4 unspecified atom stereocenters. The third kappa shape index (κ3) is 2.21. The van der Waals surface area contributed by atoms with Crippen molar-refractivity contribution in [3.63, 3.8) is 0 Å². The number of carbonyl (C=O) groups is 1. The zero-order valence-corrected chi connectivity index (χ0v) is 9.91. The van der Waals surface area contributed by atoms with Gasteiger partial charge in [-0.05, 0) is 37.5 Å². The van der Waals surface area contributed by atoms with Crippen LogP contribution in [0.5, 0.6) is 0 Å². The summed E-state index contributed by atoms with van der Waals surface area (Å²) in [5, 5.41) is 11.8. The van der Waals surface area contributed by atoms with E-state index in [-0.39, 0.29) is 17.9 Å². The molecule has 2 aliphatic carbocycles. The predicted molar refractivity (Wildman–Crippen MR) is 61.4 cm³/mol. The molecule has 0 aromatic rings. The van der Waals surface area contributed by atoms with Crippen LogP contribution in [0.1, 0.15) is 45.4 Å². The third-order valence-corrected chi connectivity index (χ3v) is 4.12. The minimum absolute atomic E-state index is 0.132. The molecule has 1 amide bonds. The zero-order chi connectivity index (χ0) is 11.5. The highest BCUT2D eigenvalue weighted by Gasteiger charge is 2.43. The second-order valence-electron chi connectivity index (χ2n) is 5.26. The molecule has 3 heteroatoms. The Kier molecular flexibility index (Phi) is 3.48. The largest absolute Gasteiger partial charge is 0.340 e.